The Morgan fingerprint density at radius 1 is 0.769 bits per heavy atom. The smallest absolute Gasteiger partial charge is 0.433 e. The molecule has 0 aliphatic heterocycles. The topological polar surface area (TPSA) is 35.0 Å². The number of hydrogen-bond acceptors (Lipinski definition) is 3. The summed E-state index contributed by atoms with van der Waals surface area (Å²) in [5, 5.41) is -0.600. The van der Waals surface area contributed by atoms with Crippen LogP contribution in [0.2, 0.25) is 0 Å². The summed E-state index contributed by atoms with van der Waals surface area (Å²) >= 11 is 0. The quantitative estimate of drug-likeness (QED) is 0.546. The lowest BCUT2D eigenvalue weighted by molar-refractivity contribution is -0.144. The molecule has 0 aliphatic carbocycles. The zero-order valence-corrected chi connectivity index (χ0v) is 12.5. The largest absolute Gasteiger partial charge is 0.439 e. The molecule has 0 fully saturated rings. The van der Waals surface area contributed by atoms with E-state index in [4.69, 9.17) is 4.74 Å². The number of ether oxygens (including phenoxy) is 1. The molecule has 3 aromatic rings. The summed E-state index contributed by atoms with van der Waals surface area (Å²) < 4.78 is 95.8. The van der Waals surface area contributed by atoms with Gasteiger partial charge in [0, 0.05) is 11.5 Å². The van der Waals surface area contributed by atoms with E-state index in [1.807, 2.05) is 0 Å². The summed E-state index contributed by atoms with van der Waals surface area (Å²) in [4.78, 5) is 6.78. The van der Waals surface area contributed by atoms with E-state index in [0.29, 0.717) is 0 Å². The van der Waals surface area contributed by atoms with Gasteiger partial charge in [-0.05, 0) is 36.4 Å². The molecule has 2 aromatic heterocycles. The average Bonchev–Trinajstić information content (AvgIpc) is 2.54. The highest BCUT2D eigenvalue weighted by molar-refractivity contribution is 5.80. The molecule has 2 heterocycles. The summed E-state index contributed by atoms with van der Waals surface area (Å²) in [5.41, 5.74) is -3.99. The zero-order valence-electron chi connectivity index (χ0n) is 12.5. The average molecular weight is 376 g/mol. The third-order valence-electron chi connectivity index (χ3n) is 3.28. The van der Waals surface area contributed by atoms with E-state index in [-0.39, 0.29) is 17.7 Å². The molecule has 0 amide bonds. The van der Waals surface area contributed by atoms with Crippen LogP contribution in [0.4, 0.5) is 30.7 Å². The van der Waals surface area contributed by atoms with Crippen molar-refractivity contribution in [2.75, 3.05) is 0 Å². The first-order chi connectivity index (χ1) is 12.0. The van der Waals surface area contributed by atoms with E-state index < -0.39 is 40.5 Å². The standard InChI is InChI=1S/C16H7F7N2O/c17-8-1-3-9(4-2-8)26-13-6-5-10-11(15(18,19)20)7-12(16(21,22)23)24-14(10)25-13/h1-7H. The van der Waals surface area contributed by atoms with E-state index in [9.17, 15) is 30.7 Å². The van der Waals surface area contributed by atoms with Crippen molar-refractivity contribution in [3.8, 4) is 11.6 Å². The van der Waals surface area contributed by atoms with Gasteiger partial charge in [-0.2, -0.15) is 31.3 Å². The van der Waals surface area contributed by atoms with Gasteiger partial charge in [-0.1, -0.05) is 0 Å². The highest BCUT2D eigenvalue weighted by atomic mass is 19.4. The number of nitrogens with zero attached hydrogens (tertiary/aromatic N) is 2. The van der Waals surface area contributed by atoms with Gasteiger partial charge in [0.25, 0.3) is 0 Å². The SMILES string of the molecule is Fc1ccc(Oc2ccc3c(C(F)(F)F)cc(C(F)(F)F)nc3n2)cc1. The third-order valence-corrected chi connectivity index (χ3v) is 3.28. The first-order valence-electron chi connectivity index (χ1n) is 6.93. The van der Waals surface area contributed by atoms with Crippen LogP contribution in [-0.2, 0) is 12.4 Å². The van der Waals surface area contributed by atoms with Crippen LogP contribution in [0, 0.1) is 5.82 Å². The number of benzene rings is 1. The van der Waals surface area contributed by atoms with Gasteiger partial charge < -0.3 is 4.74 Å². The van der Waals surface area contributed by atoms with Crippen molar-refractivity contribution in [1.29, 1.82) is 0 Å². The molecule has 1 aromatic carbocycles. The molecule has 3 rings (SSSR count). The van der Waals surface area contributed by atoms with Crippen LogP contribution in [0.15, 0.2) is 42.5 Å². The number of fused-ring (bicyclic) bond motifs is 1. The maximum Gasteiger partial charge on any atom is 0.433 e. The van der Waals surface area contributed by atoms with E-state index >= 15 is 0 Å². The Morgan fingerprint density at radius 2 is 1.42 bits per heavy atom. The number of rotatable bonds is 2. The Hall–Kier alpha value is -2.91. The second kappa shape index (κ2) is 6.11. The Balaban J connectivity index is 2.11. The normalized spacial score (nSPS) is 12.4. The summed E-state index contributed by atoms with van der Waals surface area (Å²) in [6, 6.07) is 6.48. The molecule has 0 unspecified atom stereocenters. The number of alkyl halides is 6. The minimum Gasteiger partial charge on any atom is -0.439 e. The molecule has 26 heavy (non-hydrogen) atoms. The van der Waals surface area contributed by atoms with Crippen LogP contribution in [0.3, 0.4) is 0 Å². The maximum atomic E-state index is 13.1. The van der Waals surface area contributed by atoms with Crippen LogP contribution in [0.25, 0.3) is 11.0 Å². The Labute approximate surface area is 141 Å². The number of pyridine rings is 2. The van der Waals surface area contributed by atoms with Crippen LogP contribution in [0.1, 0.15) is 11.3 Å². The fourth-order valence-corrected chi connectivity index (χ4v) is 2.15. The number of aromatic nitrogens is 2. The van der Waals surface area contributed by atoms with Crippen LogP contribution >= 0.6 is 0 Å². The Kier molecular flexibility index (Phi) is 4.21. The van der Waals surface area contributed by atoms with Gasteiger partial charge >= 0.3 is 12.4 Å². The predicted molar refractivity (Wildman–Crippen MR) is 76.0 cm³/mol. The van der Waals surface area contributed by atoms with Crippen molar-refractivity contribution < 1.29 is 35.5 Å². The molecule has 0 spiro atoms. The summed E-state index contributed by atoms with van der Waals surface area (Å²) in [7, 11) is 0. The molecule has 0 bridgehead atoms. The molecular weight excluding hydrogens is 369 g/mol. The summed E-state index contributed by atoms with van der Waals surface area (Å²) in [5.74, 6) is -0.736. The van der Waals surface area contributed by atoms with Crippen molar-refractivity contribution in [1.82, 2.24) is 9.97 Å². The molecular formula is C16H7F7N2O. The van der Waals surface area contributed by atoms with E-state index in [2.05, 4.69) is 9.97 Å². The fraction of sp³-hybridized carbons (Fsp3) is 0.125. The number of halogens is 7. The molecule has 0 aliphatic rings. The van der Waals surface area contributed by atoms with Gasteiger partial charge in [0.05, 0.1) is 5.56 Å². The lowest BCUT2D eigenvalue weighted by Crippen LogP contribution is -2.14. The molecule has 0 saturated carbocycles. The number of hydrogen-bond donors (Lipinski definition) is 0. The first kappa shape index (κ1) is 17.9. The molecule has 136 valence electrons. The lowest BCUT2D eigenvalue weighted by atomic mass is 10.1. The molecule has 0 radical (unpaired) electrons. The van der Waals surface area contributed by atoms with Gasteiger partial charge in [-0.15, -0.1) is 0 Å². The van der Waals surface area contributed by atoms with Gasteiger partial charge in [0.15, 0.2) is 5.65 Å². The first-order valence-corrected chi connectivity index (χ1v) is 6.93. The summed E-state index contributed by atoms with van der Waals surface area (Å²) in [6.45, 7) is 0. The van der Waals surface area contributed by atoms with Crippen molar-refractivity contribution in [3.63, 3.8) is 0 Å². The predicted octanol–water partition coefficient (Wildman–Crippen LogP) is 5.60. The molecule has 0 N–H and O–H groups in total. The minimum atomic E-state index is -5.08. The molecule has 0 saturated heterocycles. The zero-order chi connectivity index (χ0) is 19.1. The third kappa shape index (κ3) is 3.68. The van der Waals surface area contributed by atoms with Crippen molar-refractivity contribution in [2.24, 2.45) is 0 Å². The molecule has 3 nitrogen and oxygen atoms in total. The highest BCUT2D eigenvalue weighted by Crippen LogP contribution is 2.38. The monoisotopic (exact) mass is 376 g/mol. The van der Waals surface area contributed by atoms with Crippen LogP contribution in [-0.4, -0.2) is 9.97 Å². The van der Waals surface area contributed by atoms with E-state index in [1.165, 1.54) is 12.1 Å². The van der Waals surface area contributed by atoms with Crippen molar-refractivity contribution >= 4 is 11.0 Å². The maximum absolute atomic E-state index is 13.1. The van der Waals surface area contributed by atoms with Crippen molar-refractivity contribution in [3.05, 3.63) is 59.5 Å². The second-order valence-electron chi connectivity index (χ2n) is 5.13. The fourth-order valence-electron chi connectivity index (χ4n) is 2.15. The van der Waals surface area contributed by atoms with Crippen molar-refractivity contribution in [2.45, 2.75) is 12.4 Å². The lowest BCUT2D eigenvalue weighted by Gasteiger charge is -2.14. The molecule has 10 heteroatoms. The Bertz CT molecular complexity index is 950. The van der Waals surface area contributed by atoms with E-state index in [0.717, 1.165) is 24.3 Å². The van der Waals surface area contributed by atoms with Gasteiger partial charge in [-0.3, -0.25) is 0 Å². The van der Waals surface area contributed by atoms with Crippen LogP contribution < -0.4 is 4.74 Å². The second-order valence-corrected chi connectivity index (χ2v) is 5.13. The summed E-state index contributed by atoms with van der Waals surface area (Å²) in [6.07, 6.45) is -10.1. The Morgan fingerprint density at radius 3 is 2.00 bits per heavy atom. The minimum absolute atomic E-state index is 0.0650. The molecule has 0 atom stereocenters. The van der Waals surface area contributed by atoms with E-state index in [1.54, 1.807) is 0 Å². The van der Waals surface area contributed by atoms with Gasteiger partial charge in [0.2, 0.25) is 5.88 Å². The van der Waals surface area contributed by atoms with Gasteiger partial charge in [0.1, 0.15) is 17.3 Å². The van der Waals surface area contributed by atoms with Crippen LogP contribution in [0.5, 0.6) is 11.6 Å². The highest BCUT2D eigenvalue weighted by Gasteiger charge is 2.39. The van der Waals surface area contributed by atoms with Gasteiger partial charge in [-0.25, -0.2) is 9.37 Å².